The zero-order valence-electron chi connectivity index (χ0n) is 9.84. The van der Waals surface area contributed by atoms with Crippen molar-refractivity contribution in [1.82, 2.24) is 0 Å². The van der Waals surface area contributed by atoms with E-state index in [2.05, 4.69) is 0 Å². The topological polar surface area (TPSA) is 26.3 Å². The van der Waals surface area contributed by atoms with Crippen molar-refractivity contribution in [2.75, 3.05) is 13.2 Å². The van der Waals surface area contributed by atoms with Gasteiger partial charge in [-0.3, -0.25) is 4.79 Å². The summed E-state index contributed by atoms with van der Waals surface area (Å²) in [4.78, 5) is 11.6. The molecule has 0 bridgehead atoms. The van der Waals surface area contributed by atoms with Crippen molar-refractivity contribution < 1.29 is 18.3 Å². The van der Waals surface area contributed by atoms with E-state index in [0.29, 0.717) is 12.7 Å². The summed E-state index contributed by atoms with van der Waals surface area (Å²) in [7, 11) is 0. The first-order valence-electron chi connectivity index (χ1n) is 5.71. The van der Waals surface area contributed by atoms with Gasteiger partial charge in [-0.05, 0) is 18.6 Å². The highest BCUT2D eigenvalue weighted by atomic mass is 19.1. The molecule has 0 spiro atoms. The number of Topliss-reactive ketones (excluding diaryl/α,β-unsaturated/α-hetero) is 1. The first kappa shape index (κ1) is 13.8. The Kier molecular flexibility index (Phi) is 5.77. The third kappa shape index (κ3) is 4.61. The summed E-state index contributed by atoms with van der Waals surface area (Å²) in [5.74, 6) is -1.86. The van der Waals surface area contributed by atoms with Gasteiger partial charge in [0.25, 0.3) is 0 Å². The maximum atomic E-state index is 13.2. The van der Waals surface area contributed by atoms with Gasteiger partial charge in [-0.25, -0.2) is 8.78 Å². The first-order valence-corrected chi connectivity index (χ1v) is 5.71. The molecule has 0 N–H and O–H groups in total. The van der Waals surface area contributed by atoms with E-state index in [9.17, 15) is 13.6 Å². The molecule has 1 aromatic carbocycles. The highest BCUT2D eigenvalue weighted by molar-refractivity contribution is 5.96. The van der Waals surface area contributed by atoms with E-state index in [0.717, 1.165) is 18.9 Å². The van der Waals surface area contributed by atoms with E-state index in [1.807, 2.05) is 6.92 Å². The Hall–Kier alpha value is -1.29. The quantitative estimate of drug-likeness (QED) is 0.541. The number of carbonyl (C=O) groups excluding carboxylic acids is 1. The van der Waals surface area contributed by atoms with Crippen LogP contribution in [0.15, 0.2) is 18.2 Å². The van der Waals surface area contributed by atoms with Crippen molar-refractivity contribution in [2.24, 2.45) is 0 Å². The molecule has 0 aliphatic rings. The summed E-state index contributed by atoms with van der Waals surface area (Å²) >= 11 is 0. The van der Waals surface area contributed by atoms with Crippen LogP contribution in [0.1, 0.15) is 36.5 Å². The molecule has 4 heteroatoms. The van der Waals surface area contributed by atoms with Gasteiger partial charge < -0.3 is 4.74 Å². The molecule has 94 valence electrons. The summed E-state index contributed by atoms with van der Waals surface area (Å²) in [6, 6.07) is 2.96. The Morgan fingerprint density at radius 2 is 2.06 bits per heavy atom. The van der Waals surface area contributed by atoms with E-state index in [-0.39, 0.29) is 24.4 Å². The lowest BCUT2D eigenvalue weighted by Crippen LogP contribution is -2.07. The molecule has 17 heavy (non-hydrogen) atoms. The van der Waals surface area contributed by atoms with Gasteiger partial charge in [-0.15, -0.1) is 0 Å². The van der Waals surface area contributed by atoms with Crippen LogP contribution in [0, 0.1) is 11.6 Å². The molecule has 0 radical (unpaired) electrons. The van der Waals surface area contributed by atoms with Crippen molar-refractivity contribution in [1.29, 1.82) is 0 Å². The van der Waals surface area contributed by atoms with E-state index >= 15 is 0 Å². The molecule has 1 aromatic rings. The smallest absolute Gasteiger partial charge is 0.168 e. The number of halogens is 2. The maximum absolute atomic E-state index is 13.2. The van der Waals surface area contributed by atoms with Gasteiger partial charge in [0.2, 0.25) is 0 Å². The second-order valence-corrected chi connectivity index (χ2v) is 3.76. The number of hydrogen-bond acceptors (Lipinski definition) is 2. The third-order valence-electron chi connectivity index (χ3n) is 2.35. The molecule has 0 heterocycles. The zero-order valence-corrected chi connectivity index (χ0v) is 9.84. The predicted molar refractivity (Wildman–Crippen MR) is 61.0 cm³/mol. The summed E-state index contributed by atoms with van der Waals surface area (Å²) in [5.41, 5.74) is -0.0782. The van der Waals surface area contributed by atoms with Gasteiger partial charge in [0.05, 0.1) is 12.2 Å². The Labute approximate surface area is 99.6 Å². The monoisotopic (exact) mass is 242 g/mol. The lowest BCUT2D eigenvalue weighted by molar-refractivity contribution is 0.0870. The molecule has 0 atom stereocenters. The highest BCUT2D eigenvalue weighted by Crippen LogP contribution is 2.11. The lowest BCUT2D eigenvalue weighted by atomic mass is 10.1. The summed E-state index contributed by atoms with van der Waals surface area (Å²) in [6.45, 7) is 2.92. The van der Waals surface area contributed by atoms with Gasteiger partial charge in [-0.2, -0.15) is 0 Å². The zero-order chi connectivity index (χ0) is 12.7. The van der Waals surface area contributed by atoms with Gasteiger partial charge in [-0.1, -0.05) is 13.3 Å². The van der Waals surface area contributed by atoms with Crippen molar-refractivity contribution in [3.8, 4) is 0 Å². The standard InChI is InChI=1S/C13H16F2O2/c1-2-3-7-17-8-6-13(16)11-5-4-10(14)9-12(11)15/h4-5,9H,2-3,6-8H2,1H3. The summed E-state index contributed by atoms with van der Waals surface area (Å²) in [6.07, 6.45) is 2.09. The number of unbranched alkanes of at least 4 members (excludes halogenated alkanes) is 1. The third-order valence-corrected chi connectivity index (χ3v) is 2.35. The van der Waals surface area contributed by atoms with Crippen molar-refractivity contribution in [2.45, 2.75) is 26.2 Å². The molecule has 2 nitrogen and oxygen atoms in total. The average molecular weight is 242 g/mol. The molecule has 0 unspecified atom stereocenters. The Morgan fingerprint density at radius 1 is 1.29 bits per heavy atom. The van der Waals surface area contributed by atoms with Crippen LogP contribution in [0.2, 0.25) is 0 Å². The summed E-state index contributed by atoms with van der Waals surface area (Å²) in [5, 5.41) is 0. The largest absolute Gasteiger partial charge is 0.381 e. The number of ketones is 1. The SMILES string of the molecule is CCCCOCCC(=O)c1ccc(F)cc1F. The molecular formula is C13H16F2O2. The number of benzene rings is 1. The normalized spacial score (nSPS) is 10.5. The Morgan fingerprint density at radius 3 is 2.71 bits per heavy atom. The minimum atomic E-state index is -0.816. The van der Waals surface area contributed by atoms with Crippen LogP contribution in [-0.4, -0.2) is 19.0 Å². The molecule has 0 aliphatic heterocycles. The molecule has 0 amide bonds. The second-order valence-electron chi connectivity index (χ2n) is 3.76. The predicted octanol–water partition coefficient (Wildman–Crippen LogP) is 3.35. The number of hydrogen-bond donors (Lipinski definition) is 0. The van der Waals surface area contributed by atoms with Gasteiger partial charge >= 0.3 is 0 Å². The van der Waals surface area contributed by atoms with Crippen LogP contribution in [-0.2, 0) is 4.74 Å². The van der Waals surface area contributed by atoms with Crippen molar-refractivity contribution in [3.63, 3.8) is 0 Å². The van der Waals surface area contributed by atoms with Gasteiger partial charge in [0, 0.05) is 19.1 Å². The molecule has 0 fully saturated rings. The molecule has 1 rings (SSSR count). The maximum Gasteiger partial charge on any atom is 0.168 e. The molecule has 0 saturated carbocycles. The van der Waals surface area contributed by atoms with Crippen molar-refractivity contribution in [3.05, 3.63) is 35.4 Å². The van der Waals surface area contributed by atoms with Crippen molar-refractivity contribution >= 4 is 5.78 Å². The molecule has 0 saturated heterocycles. The first-order chi connectivity index (χ1) is 8.15. The van der Waals surface area contributed by atoms with E-state index in [1.165, 1.54) is 6.07 Å². The van der Waals surface area contributed by atoms with Crippen LogP contribution in [0.4, 0.5) is 8.78 Å². The minimum absolute atomic E-state index is 0.0782. The number of ether oxygens (including phenoxy) is 1. The van der Waals surface area contributed by atoms with Crippen LogP contribution in [0.3, 0.4) is 0 Å². The molecule has 0 aromatic heterocycles. The Balaban J connectivity index is 2.42. The average Bonchev–Trinajstić information content (AvgIpc) is 2.28. The Bertz CT molecular complexity index is 378. The molecule has 0 aliphatic carbocycles. The minimum Gasteiger partial charge on any atom is -0.381 e. The second kappa shape index (κ2) is 7.12. The molecular weight excluding hydrogens is 226 g/mol. The van der Waals surface area contributed by atoms with E-state index < -0.39 is 11.6 Å². The van der Waals surface area contributed by atoms with Crippen LogP contribution < -0.4 is 0 Å². The van der Waals surface area contributed by atoms with Gasteiger partial charge in [0.15, 0.2) is 5.78 Å². The highest BCUT2D eigenvalue weighted by Gasteiger charge is 2.11. The number of carbonyl (C=O) groups is 1. The fraction of sp³-hybridized carbons (Fsp3) is 0.462. The van der Waals surface area contributed by atoms with E-state index in [1.54, 1.807) is 0 Å². The fourth-order valence-electron chi connectivity index (χ4n) is 1.36. The lowest BCUT2D eigenvalue weighted by Gasteiger charge is -2.04. The van der Waals surface area contributed by atoms with E-state index in [4.69, 9.17) is 4.74 Å². The fourth-order valence-corrected chi connectivity index (χ4v) is 1.36. The number of rotatable bonds is 7. The van der Waals surface area contributed by atoms with Crippen LogP contribution >= 0.6 is 0 Å². The van der Waals surface area contributed by atoms with Gasteiger partial charge in [0.1, 0.15) is 11.6 Å². The van der Waals surface area contributed by atoms with Crippen LogP contribution in [0.5, 0.6) is 0 Å². The van der Waals surface area contributed by atoms with Crippen LogP contribution in [0.25, 0.3) is 0 Å². The summed E-state index contributed by atoms with van der Waals surface area (Å²) < 4.78 is 31.1.